The smallest absolute Gasteiger partial charge is 0.306 e. The number of amides is 2. The number of carbonyl (C=O) groups is 3. The third-order valence-electron chi connectivity index (χ3n) is 4.10. The van der Waals surface area contributed by atoms with Gasteiger partial charge in [-0.1, -0.05) is 15.9 Å². The first-order valence-electron chi connectivity index (χ1n) is 8.11. The summed E-state index contributed by atoms with van der Waals surface area (Å²) in [5.74, 6) is -1.28. The Hall–Kier alpha value is -1.89. The predicted molar refractivity (Wildman–Crippen MR) is 96.8 cm³/mol. The standard InChI is InChI=1S/C18H23BrN2O4/c1-10-12-9-21(17(24)11(12)5-6-13(10)19)14(16(20)23)7-8-15(22)25-18(2,3)4/h5-6,14H,7-9H2,1-4H3,(H2,20,23)/t14-/m0/s1. The molecule has 1 aromatic rings. The number of benzene rings is 1. The van der Waals surface area contributed by atoms with E-state index in [1.807, 2.05) is 13.0 Å². The maximum absolute atomic E-state index is 12.7. The highest BCUT2D eigenvalue weighted by atomic mass is 79.9. The zero-order valence-corrected chi connectivity index (χ0v) is 16.5. The van der Waals surface area contributed by atoms with Crippen molar-refractivity contribution in [1.82, 2.24) is 4.90 Å². The molecule has 0 saturated heterocycles. The molecule has 136 valence electrons. The number of nitrogens with zero attached hydrogens (tertiary/aromatic N) is 1. The lowest BCUT2D eigenvalue weighted by atomic mass is 10.0. The highest BCUT2D eigenvalue weighted by Crippen LogP contribution is 2.32. The summed E-state index contributed by atoms with van der Waals surface area (Å²) >= 11 is 3.45. The number of rotatable bonds is 5. The van der Waals surface area contributed by atoms with Crippen molar-refractivity contribution in [2.24, 2.45) is 5.73 Å². The van der Waals surface area contributed by atoms with Crippen LogP contribution < -0.4 is 5.73 Å². The van der Waals surface area contributed by atoms with Crippen LogP contribution in [0.25, 0.3) is 0 Å². The van der Waals surface area contributed by atoms with Crippen LogP contribution in [-0.2, 0) is 20.9 Å². The van der Waals surface area contributed by atoms with Crippen molar-refractivity contribution in [3.05, 3.63) is 33.3 Å². The van der Waals surface area contributed by atoms with Gasteiger partial charge in [0.25, 0.3) is 5.91 Å². The molecule has 0 fully saturated rings. The number of primary amides is 1. The van der Waals surface area contributed by atoms with Crippen molar-refractivity contribution in [3.63, 3.8) is 0 Å². The summed E-state index contributed by atoms with van der Waals surface area (Å²) in [6.07, 6.45) is 0.165. The maximum atomic E-state index is 12.7. The van der Waals surface area contributed by atoms with Gasteiger partial charge in [0.2, 0.25) is 5.91 Å². The molecule has 1 aromatic carbocycles. The fourth-order valence-corrected chi connectivity index (χ4v) is 3.25. The second kappa shape index (κ2) is 7.15. The third kappa shape index (κ3) is 4.39. The first-order chi connectivity index (χ1) is 11.5. The molecule has 25 heavy (non-hydrogen) atoms. The number of hydrogen-bond donors (Lipinski definition) is 1. The highest BCUT2D eigenvalue weighted by Gasteiger charge is 2.36. The Morgan fingerprint density at radius 2 is 2.00 bits per heavy atom. The van der Waals surface area contributed by atoms with Gasteiger partial charge in [-0.15, -0.1) is 0 Å². The lowest BCUT2D eigenvalue weighted by Gasteiger charge is -2.26. The highest BCUT2D eigenvalue weighted by molar-refractivity contribution is 9.10. The number of hydrogen-bond acceptors (Lipinski definition) is 4. The summed E-state index contributed by atoms with van der Waals surface area (Å²) in [4.78, 5) is 37.9. The number of esters is 1. The van der Waals surface area contributed by atoms with Crippen LogP contribution in [0.4, 0.5) is 0 Å². The van der Waals surface area contributed by atoms with Gasteiger partial charge in [0.1, 0.15) is 11.6 Å². The zero-order chi connectivity index (χ0) is 18.9. The van der Waals surface area contributed by atoms with Crippen molar-refractivity contribution >= 4 is 33.7 Å². The van der Waals surface area contributed by atoms with Gasteiger partial charge in [-0.05, 0) is 57.4 Å². The minimum absolute atomic E-state index is 0.0215. The van der Waals surface area contributed by atoms with Crippen LogP contribution in [-0.4, -0.2) is 34.3 Å². The molecule has 1 atom stereocenters. The van der Waals surface area contributed by atoms with E-state index in [1.165, 1.54) is 4.90 Å². The minimum Gasteiger partial charge on any atom is -0.460 e. The predicted octanol–water partition coefficient (Wildman–Crippen LogP) is 2.69. The van der Waals surface area contributed by atoms with E-state index in [-0.39, 0.29) is 18.7 Å². The van der Waals surface area contributed by atoms with Gasteiger partial charge in [-0.25, -0.2) is 0 Å². The van der Waals surface area contributed by atoms with Gasteiger partial charge in [0.15, 0.2) is 0 Å². The Bertz CT molecular complexity index is 725. The number of halogens is 1. The normalized spacial score (nSPS) is 15.1. The second-order valence-corrected chi connectivity index (χ2v) is 8.03. The van der Waals surface area contributed by atoms with Crippen LogP contribution in [0, 0.1) is 6.92 Å². The summed E-state index contributed by atoms with van der Waals surface area (Å²) in [6, 6.07) is 2.71. The summed E-state index contributed by atoms with van der Waals surface area (Å²) in [5.41, 5.74) is 7.32. The molecule has 0 radical (unpaired) electrons. The Labute approximate surface area is 155 Å². The van der Waals surface area contributed by atoms with E-state index in [1.54, 1.807) is 26.8 Å². The molecule has 1 heterocycles. The molecular weight excluding hydrogens is 388 g/mol. The molecule has 2 amide bonds. The van der Waals surface area contributed by atoms with Crippen molar-refractivity contribution in [2.75, 3.05) is 0 Å². The van der Waals surface area contributed by atoms with E-state index in [2.05, 4.69) is 15.9 Å². The van der Waals surface area contributed by atoms with Crippen molar-refractivity contribution in [1.29, 1.82) is 0 Å². The Morgan fingerprint density at radius 3 is 2.56 bits per heavy atom. The van der Waals surface area contributed by atoms with Crippen molar-refractivity contribution in [2.45, 2.75) is 58.7 Å². The number of ether oxygens (including phenoxy) is 1. The molecule has 1 aliphatic heterocycles. The first kappa shape index (κ1) is 19.4. The monoisotopic (exact) mass is 410 g/mol. The van der Waals surface area contributed by atoms with Crippen LogP contribution in [0.15, 0.2) is 16.6 Å². The molecule has 0 spiro atoms. The Balaban J connectivity index is 2.14. The van der Waals surface area contributed by atoms with Gasteiger partial charge in [-0.3, -0.25) is 14.4 Å². The molecule has 6 nitrogen and oxygen atoms in total. The second-order valence-electron chi connectivity index (χ2n) is 7.17. The molecule has 0 aliphatic carbocycles. The van der Waals surface area contributed by atoms with Crippen LogP contribution in [0.2, 0.25) is 0 Å². The van der Waals surface area contributed by atoms with E-state index >= 15 is 0 Å². The quantitative estimate of drug-likeness (QED) is 0.755. The average Bonchev–Trinajstić information content (AvgIpc) is 2.79. The molecular formula is C18H23BrN2O4. The van der Waals surface area contributed by atoms with Crippen LogP contribution in [0.1, 0.15) is 55.1 Å². The van der Waals surface area contributed by atoms with Gasteiger partial charge < -0.3 is 15.4 Å². The van der Waals surface area contributed by atoms with E-state index in [4.69, 9.17) is 10.5 Å². The van der Waals surface area contributed by atoms with Gasteiger partial charge in [0, 0.05) is 23.0 Å². The zero-order valence-electron chi connectivity index (χ0n) is 14.9. The molecule has 7 heteroatoms. The fourth-order valence-electron chi connectivity index (χ4n) is 2.88. The van der Waals surface area contributed by atoms with E-state index in [0.29, 0.717) is 12.1 Å². The number of nitrogens with two attached hydrogens (primary N) is 1. The summed E-state index contributed by atoms with van der Waals surface area (Å²) in [5, 5.41) is 0. The van der Waals surface area contributed by atoms with Crippen LogP contribution in [0.3, 0.4) is 0 Å². The van der Waals surface area contributed by atoms with Crippen LogP contribution >= 0.6 is 15.9 Å². The first-order valence-corrected chi connectivity index (χ1v) is 8.90. The number of fused-ring (bicyclic) bond motifs is 1. The molecule has 0 aromatic heterocycles. The van der Waals surface area contributed by atoms with E-state index in [9.17, 15) is 14.4 Å². The SMILES string of the molecule is Cc1c(Br)ccc2c1CN([C@@H](CCC(=O)OC(C)(C)C)C(N)=O)C2=O. The molecule has 0 unspecified atom stereocenters. The molecule has 0 bridgehead atoms. The molecule has 2 rings (SSSR count). The summed E-state index contributed by atoms with van der Waals surface area (Å²) < 4.78 is 6.16. The molecule has 2 N–H and O–H groups in total. The van der Waals surface area contributed by atoms with Gasteiger partial charge in [0.05, 0.1) is 0 Å². The summed E-state index contributed by atoms with van der Waals surface area (Å²) in [7, 11) is 0. The minimum atomic E-state index is -0.842. The molecule has 0 saturated carbocycles. The Kier molecular flexibility index (Phi) is 5.56. The fraction of sp³-hybridized carbons (Fsp3) is 0.500. The van der Waals surface area contributed by atoms with Crippen molar-refractivity contribution in [3.8, 4) is 0 Å². The maximum Gasteiger partial charge on any atom is 0.306 e. The van der Waals surface area contributed by atoms with Gasteiger partial charge >= 0.3 is 5.97 Å². The van der Waals surface area contributed by atoms with E-state index < -0.39 is 23.5 Å². The van der Waals surface area contributed by atoms with E-state index in [0.717, 1.165) is 15.6 Å². The average molecular weight is 411 g/mol. The third-order valence-corrected chi connectivity index (χ3v) is 4.96. The Morgan fingerprint density at radius 1 is 1.36 bits per heavy atom. The van der Waals surface area contributed by atoms with Crippen LogP contribution in [0.5, 0.6) is 0 Å². The topological polar surface area (TPSA) is 89.7 Å². The molecule has 1 aliphatic rings. The largest absolute Gasteiger partial charge is 0.460 e. The summed E-state index contributed by atoms with van der Waals surface area (Å²) in [6.45, 7) is 7.55. The number of carbonyl (C=O) groups excluding carboxylic acids is 3. The van der Waals surface area contributed by atoms with Crippen molar-refractivity contribution < 1.29 is 19.1 Å². The lowest BCUT2D eigenvalue weighted by molar-refractivity contribution is -0.155. The van der Waals surface area contributed by atoms with Gasteiger partial charge in [-0.2, -0.15) is 0 Å². The lowest BCUT2D eigenvalue weighted by Crippen LogP contribution is -2.45.